The summed E-state index contributed by atoms with van der Waals surface area (Å²) in [5.41, 5.74) is 0.684. The molecule has 0 aliphatic rings. The molecule has 19 heavy (non-hydrogen) atoms. The predicted octanol–water partition coefficient (Wildman–Crippen LogP) is 2.24. The van der Waals surface area contributed by atoms with E-state index >= 15 is 0 Å². The van der Waals surface area contributed by atoms with Gasteiger partial charge in [-0.25, -0.2) is 4.98 Å². The number of benzene rings is 1. The third-order valence-corrected chi connectivity index (χ3v) is 2.55. The Morgan fingerprint density at radius 3 is 2.16 bits per heavy atom. The van der Waals surface area contributed by atoms with Crippen LogP contribution < -0.4 is 14.2 Å². The van der Waals surface area contributed by atoms with Crippen molar-refractivity contribution in [3.63, 3.8) is 0 Å². The van der Waals surface area contributed by atoms with Gasteiger partial charge >= 0.3 is 5.89 Å². The molecule has 2 aromatic rings. The molecule has 0 bridgehead atoms. The van der Waals surface area contributed by atoms with Gasteiger partial charge in [0.05, 0.1) is 27.5 Å². The second-order valence-corrected chi connectivity index (χ2v) is 3.56. The SMILES string of the molecule is COc1cc(-c2cnc(C#N)o2)cc(OC)c1OC. The second-order valence-electron chi connectivity index (χ2n) is 3.56. The largest absolute Gasteiger partial charge is 0.493 e. The second kappa shape index (κ2) is 5.31. The summed E-state index contributed by atoms with van der Waals surface area (Å²) in [5.74, 6) is 1.96. The fourth-order valence-electron chi connectivity index (χ4n) is 1.68. The quantitative estimate of drug-likeness (QED) is 0.838. The predicted molar refractivity (Wildman–Crippen MR) is 66.3 cm³/mol. The molecular weight excluding hydrogens is 248 g/mol. The van der Waals surface area contributed by atoms with Gasteiger partial charge in [0, 0.05) is 5.56 Å². The first-order chi connectivity index (χ1) is 9.23. The summed E-state index contributed by atoms with van der Waals surface area (Å²) in [6, 6.07) is 5.28. The van der Waals surface area contributed by atoms with Crippen LogP contribution in [0.15, 0.2) is 22.7 Å². The number of hydrogen-bond donors (Lipinski definition) is 0. The van der Waals surface area contributed by atoms with E-state index in [0.29, 0.717) is 28.6 Å². The van der Waals surface area contributed by atoms with E-state index in [9.17, 15) is 0 Å². The van der Waals surface area contributed by atoms with Gasteiger partial charge in [-0.05, 0) is 12.1 Å². The number of aromatic nitrogens is 1. The van der Waals surface area contributed by atoms with Crippen molar-refractivity contribution in [2.24, 2.45) is 0 Å². The lowest BCUT2D eigenvalue weighted by Gasteiger charge is -2.13. The molecule has 0 amide bonds. The molecule has 1 aromatic heterocycles. The smallest absolute Gasteiger partial charge is 0.301 e. The van der Waals surface area contributed by atoms with E-state index in [1.165, 1.54) is 27.5 Å². The molecule has 0 atom stereocenters. The van der Waals surface area contributed by atoms with E-state index in [2.05, 4.69) is 4.98 Å². The van der Waals surface area contributed by atoms with E-state index in [-0.39, 0.29) is 5.89 Å². The van der Waals surface area contributed by atoms with Gasteiger partial charge in [-0.15, -0.1) is 0 Å². The zero-order valence-corrected chi connectivity index (χ0v) is 10.8. The lowest BCUT2D eigenvalue weighted by molar-refractivity contribution is 0.324. The van der Waals surface area contributed by atoms with E-state index in [1.54, 1.807) is 12.1 Å². The molecule has 0 unspecified atom stereocenters. The Labute approximate surface area is 110 Å². The third-order valence-electron chi connectivity index (χ3n) is 2.55. The number of hydrogen-bond acceptors (Lipinski definition) is 6. The summed E-state index contributed by atoms with van der Waals surface area (Å²) < 4.78 is 21.0. The number of methoxy groups -OCH3 is 3. The minimum absolute atomic E-state index is 0.00347. The zero-order valence-electron chi connectivity index (χ0n) is 10.8. The molecule has 0 saturated heterocycles. The van der Waals surface area contributed by atoms with Crippen LogP contribution in [-0.2, 0) is 0 Å². The fourth-order valence-corrected chi connectivity index (χ4v) is 1.68. The normalized spacial score (nSPS) is 9.79. The molecular formula is C13H12N2O4. The topological polar surface area (TPSA) is 77.5 Å². The van der Waals surface area contributed by atoms with Crippen molar-refractivity contribution in [2.75, 3.05) is 21.3 Å². The molecule has 2 rings (SSSR count). The van der Waals surface area contributed by atoms with Gasteiger partial charge < -0.3 is 18.6 Å². The zero-order chi connectivity index (χ0) is 13.8. The summed E-state index contributed by atoms with van der Waals surface area (Å²) >= 11 is 0. The first-order valence-electron chi connectivity index (χ1n) is 5.39. The molecule has 0 aliphatic heterocycles. The molecule has 98 valence electrons. The number of oxazole rings is 1. The van der Waals surface area contributed by atoms with Crippen LogP contribution in [0.1, 0.15) is 5.89 Å². The van der Waals surface area contributed by atoms with E-state index in [0.717, 1.165) is 0 Å². The van der Waals surface area contributed by atoms with Crippen molar-refractivity contribution in [3.05, 3.63) is 24.2 Å². The van der Waals surface area contributed by atoms with Crippen molar-refractivity contribution >= 4 is 0 Å². The maximum atomic E-state index is 8.71. The molecule has 6 heteroatoms. The lowest BCUT2D eigenvalue weighted by atomic mass is 10.1. The maximum Gasteiger partial charge on any atom is 0.301 e. The van der Waals surface area contributed by atoms with Crippen LogP contribution >= 0.6 is 0 Å². The highest BCUT2D eigenvalue weighted by atomic mass is 16.5. The van der Waals surface area contributed by atoms with Crippen molar-refractivity contribution < 1.29 is 18.6 Å². The van der Waals surface area contributed by atoms with Crippen molar-refractivity contribution in [2.45, 2.75) is 0 Å². The Bertz CT molecular complexity index is 603. The molecule has 0 saturated carbocycles. The Hall–Kier alpha value is -2.68. The maximum absolute atomic E-state index is 8.71. The van der Waals surface area contributed by atoms with E-state index in [4.69, 9.17) is 23.9 Å². The molecule has 6 nitrogen and oxygen atoms in total. The third kappa shape index (κ3) is 2.31. The van der Waals surface area contributed by atoms with Crippen LogP contribution in [0.2, 0.25) is 0 Å². The first kappa shape index (κ1) is 12.8. The molecule has 0 N–H and O–H groups in total. The van der Waals surface area contributed by atoms with E-state index < -0.39 is 0 Å². The molecule has 0 fully saturated rings. The van der Waals surface area contributed by atoms with Crippen LogP contribution in [0.5, 0.6) is 17.2 Å². The van der Waals surface area contributed by atoms with Gasteiger partial charge in [0.1, 0.15) is 0 Å². The summed E-state index contributed by atoms with van der Waals surface area (Å²) in [6.07, 6.45) is 1.47. The number of ether oxygens (including phenoxy) is 3. The van der Waals surface area contributed by atoms with Gasteiger partial charge in [0.2, 0.25) is 5.75 Å². The Morgan fingerprint density at radius 1 is 1.11 bits per heavy atom. The summed E-state index contributed by atoms with van der Waals surface area (Å²) in [7, 11) is 4.59. The Kier molecular flexibility index (Phi) is 3.57. The average Bonchev–Trinajstić information content (AvgIpc) is 2.94. The summed E-state index contributed by atoms with van der Waals surface area (Å²) in [4.78, 5) is 3.82. The van der Waals surface area contributed by atoms with Crippen LogP contribution in [0.4, 0.5) is 0 Å². The highest BCUT2D eigenvalue weighted by Gasteiger charge is 2.16. The van der Waals surface area contributed by atoms with Gasteiger partial charge in [0.25, 0.3) is 0 Å². The Balaban J connectivity index is 2.55. The van der Waals surface area contributed by atoms with E-state index in [1.807, 2.05) is 6.07 Å². The molecule has 0 radical (unpaired) electrons. The van der Waals surface area contributed by atoms with Crippen molar-refractivity contribution in [3.8, 4) is 34.6 Å². The highest BCUT2D eigenvalue weighted by Crippen LogP contribution is 2.41. The minimum Gasteiger partial charge on any atom is -0.493 e. The van der Waals surface area contributed by atoms with Gasteiger partial charge in [-0.1, -0.05) is 0 Å². The van der Waals surface area contributed by atoms with Crippen LogP contribution in [0.25, 0.3) is 11.3 Å². The molecule has 1 heterocycles. The van der Waals surface area contributed by atoms with Crippen LogP contribution in [-0.4, -0.2) is 26.3 Å². The molecule has 0 spiro atoms. The monoisotopic (exact) mass is 260 g/mol. The van der Waals surface area contributed by atoms with Gasteiger partial charge in [-0.3, -0.25) is 0 Å². The molecule has 1 aromatic carbocycles. The number of rotatable bonds is 4. The van der Waals surface area contributed by atoms with Crippen molar-refractivity contribution in [1.82, 2.24) is 4.98 Å². The molecule has 0 aliphatic carbocycles. The van der Waals surface area contributed by atoms with Crippen LogP contribution in [0.3, 0.4) is 0 Å². The summed E-state index contributed by atoms with van der Waals surface area (Å²) in [6.45, 7) is 0. The number of nitrogens with zero attached hydrogens (tertiary/aromatic N) is 2. The number of nitriles is 1. The minimum atomic E-state index is 0.00347. The average molecular weight is 260 g/mol. The fraction of sp³-hybridized carbons (Fsp3) is 0.231. The van der Waals surface area contributed by atoms with Crippen LogP contribution in [0, 0.1) is 11.3 Å². The highest BCUT2D eigenvalue weighted by molar-refractivity contribution is 5.67. The lowest BCUT2D eigenvalue weighted by Crippen LogP contribution is -1.95. The van der Waals surface area contributed by atoms with Gasteiger partial charge in [-0.2, -0.15) is 5.26 Å². The van der Waals surface area contributed by atoms with Crippen molar-refractivity contribution in [1.29, 1.82) is 5.26 Å². The standard InChI is InChI=1S/C13H12N2O4/c1-16-9-4-8(5-10(17-2)13(9)18-3)11-7-15-12(6-14)19-11/h4-5,7H,1-3H3. The summed E-state index contributed by atoms with van der Waals surface area (Å²) in [5, 5.41) is 8.71. The van der Waals surface area contributed by atoms with Gasteiger partial charge in [0.15, 0.2) is 23.3 Å². The Morgan fingerprint density at radius 2 is 1.74 bits per heavy atom. The first-order valence-corrected chi connectivity index (χ1v) is 5.39.